The van der Waals surface area contributed by atoms with Crippen LogP contribution < -0.4 is 5.32 Å². The molecule has 1 amide bonds. The zero-order valence-electron chi connectivity index (χ0n) is 12.5. The minimum absolute atomic E-state index is 0.132. The van der Waals surface area contributed by atoms with Crippen LogP contribution in [0, 0.1) is 0 Å². The Balaban J connectivity index is 2.22. The molecule has 1 aliphatic rings. The molecule has 1 aliphatic carbocycles. The standard InChI is InChI=1S/C17H23NO3/c1-2-8-14(15(19)20)18-16(21)17(11-6-7-12-17)13-9-4-3-5-10-13/h3-5,9-10,14H,2,6-8,11-12H2,1H3,(H,18,21)(H,19,20). The second kappa shape index (κ2) is 6.74. The Kier molecular flexibility index (Phi) is 4.99. The molecule has 1 saturated carbocycles. The lowest BCUT2D eigenvalue weighted by Gasteiger charge is -2.30. The Bertz CT molecular complexity index is 492. The van der Waals surface area contributed by atoms with Crippen LogP contribution in [-0.4, -0.2) is 23.0 Å². The maximum atomic E-state index is 12.8. The molecule has 4 nitrogen and oxygen atoms in total. The first-order valence-electron chi connectivity index (χ1n) is 7.69. The number of hydrogen-bond donors (Lipinski definition) is 2. The van der Waals surface area contributed by atoms with Crippen molar-refractivity contribution in [3.05, 3.63) is 35.9 Å². The number of carbonyl (C=O) groups is 2. The summed E-state index contributed by atoms with van der Waals surface area (Å²) in [5, 5.41) is 12.0. The summed E-state index contributed by atoms with van der Waals surface area (Å²) >= 11 is 0. The molecule has 0 aliphatic heterocycles. The van der Waals surface area contributed by atoms with Gasteiger partial charge in [-0.3, -0.25) is 4.79 Å². The molecule has 21 heavy (non-hydrogen) atoms. The van der Waals surface area contributed by atoms with Crippen molar-refractivity contribution in [2.24, 2.45) is 0 Å². The van der Waals surface area contributed by atoms with Crippen LogP contribution in [0.1, 0.15) is 51.0 Å². The molecule has 0 bridgehead atoms. The van der Waals surface area contributed by atoms with Gasteiger partial charge in [0, 0.05) is 0 Å². The lowest BCUT2D eigenvalue weighted by molar-refractivity contribution is -0.143. The van der Waals surface area contributed by atoms with Crippen LogP contribution in [0.15, 0.2) is 30.3 Å². The predicted octanol–water partition coefficient (Wildman–Crippen LogP) is 2.87. The zero-order chi connectivity index (χ0) is 15.3. The molecule has 0 spiro atoms. The van der Waals surface area contributed by atoms with Crippen molar-refractivity contribution in [1.29, 1.82) is 0 Å². The van der Waals surface area contributed by atoms with Gasteiger partial charge in [0.05, 0.1) is 5.41 Å². The van der Waals surface area contributed by atoms with Crippen LogP contribution >= 0.6 is 0 Å². The Morgan fingerprint density at radius 1 is 1.24 bits per heavy atom. The van der Waals surface area contributed by atoms with E-state index in [0.29, 0.717) is 6.42 Å². The predicted molar refractivity (Wildman–Crippen MR) is 81.1 cm³/mol. The number of amides is 1. The number of carboxylic acid groups (broad SMARTS) is 1. The number of benzene rings is 1. The van der Waals surface area contributed by atoms with E-state index >= 15 is 0 Å². The summed E-state index contributed by atoms with van der Waals surface area (Å²) in [7, 11) is 0. The lowest BCUT2D eigenvalue weighted by atomic mass is 9.77. The molecule has 0 saturated heterocycles. The van der Waals surface area contributed by atoms with Crippen LogP contribution in [0.5, 0.6) is 0 Å². The lowest BCUT2D eigenvalue weighted by Crippen LogP contribution is -2.49. The van der Waals surface area contributed by atoms with E-state index in [4.69, 9.17) is 0 Å². The molecule has 4 heteroatoms. The normalized spacial score (nSPS) is 18.1. The van der Waals surface area contributed by atoms with Gasteiger partial charge in [-0.25, -0.2) is 4.79 Å². The fourth-order valence-corrected chi connectivity index (χ4v) is 3.23. The van der Waals surface area contributed by atoms with Gasteiger partial charge in [-0.05, 0) is 24.8 Å². The van der Waals surface area contributed by atoms with E-state index in [9.17, 15) is 14.7 Å². The van der Waals surface area contributed by atoms with Gasteiger partial charge in [0.1, 0.15) is 6.04 Å². The van der Waals surface area contributed by atoms with Crippen molar-refractivity contribution in [2.75, 3.05) is 0 Å². The first kappa shape index (κ1) is 15.5. The number of carboxylic acids is 1. The van der Waals surface area contributed by atoms with Crippen LogP contribution in [0.3, 0.4) is 0 Å². The van der Waals surface area contributed by atoms with E-state index in [1.165, 1.54) is 0 Å². The number of hydrogen-bond acceptors (Lipinski definition) is 2. The molecule has 2 N–H and O–H groups in total. The van der Waals surface area contributed by atoms with Gasteiger partial charge in [-0.1, -0.05) is 56.5 Å². The van der Waals surface area contributed by atoms with E-state index in [-0.39, 0.29) is 5.91 Å². The largest absolute Gasteiger partial charge is 0.480 e. The van der Waals surface area contributed by atoms with Crippen molar-refractivity contribution >= 4 is 11.9 Å². The first-order chi connectivity index (χ1) is 10.1. The third-order valence-corrected chi connectivity index (χ3v) is 4.40. The summed E-state index contributed by atoms with van der Waals surface area (Å²) in [5.41, 5.74) is 0.448. The van der Waals surface area contributed by atoms with Gasteiger partial charge in [0.2, 0.25) is 5.91 Å². The van der Waals surface area contributed by atoms with Crippen LogP contribution in [0.2, 0.25) is 0 Å². The van der Waals surface area contributed by atoms with Gasteiger partial charge in [0.15, 0.2) is 0 Å². The fourth-order valence-electron chi connectivity index (χ4n) is 3.23. The molecule has 1 unspecified atom stereocenters. The molecule has 1 atom stereocenters. The van der Waals surface area contributed by atoms with Crippen molar-refractivity contribution < 1.29 is 14.7 Å². The molecule has 0 radical (unpaired) electrons. The molecule has 2 rings (SSSR count). The quantitative estimate of drug-likeness (QED) is 0.846. The van der Waals surface area contributed by atoms with E-state index in [1.807, 2.05) is 37.3 Å². The van der Waals surface area contributed by atoms with Gasteiger partial charge < -0.3 is 10.4 Å². The van der Waals surface area contributed by atoms with Crippen LogP contribution in [0.4, 0.5) is 0 Å². The van der Waals surface area contributed by atoms with E-state index < -0.39 is 17.4 Å². The maximum absolute atomic E-state index is 12.8. The highest BCUT2D eigenvalue weighted by atomic mass is 16.4. The Hall–Kier alpha value is -1.84. The first-order valence-corrected chi connectivity index (χ1v) is 7.69. The highest BCUT2D eigenvalue weighted by Crippen LogP contribution is 2.41. The molecule has 114 valence electrons. The monoisotopic (exact) mass is 289 g/mol. The minimum atomic E-state index is -0.952. The summed E-state index contributed by atoms with van der Waals surface area (Å²) < 4.78 is 0. The average Bonchev–Trinajstić information content (AvgIpc) is 2.98. The molecule has 1 aromatic carbocycles. The van der Waals surface area contributed by atoms with E-state index in [0.717, 1.165) is 37.7 Å². The second-order valence-electron chi connectivity index (χ2n) is 5.81. The Morgan fingerprint density at radius 3 is 2.38 bits per heavy atom. The fraction of sp³-hybridized carbons (Fsp3) is 0.529. The molecule has 0 heterocycles. The third-order valence-electron chi connectivity index (χ3n) is 4.40. The summed E-state index contributed by atoms with van der Waals surface area (Å²) in [5.74, 6) is -1.08. The second-order valence-corrected chi connectivity index (χ2v) is 5.81. The highest BCUT2D eigenvalue weighted by molar-refractivity contribution is 5.91. The van der Waals surface area contributed by atoms with Crippen molar-refractivity contribution in [1.82, 2.24) is 5.32 Å². The van der Waals surface area contributed by atoms with Crippen molar-refractivity contribution in [3.8, 4) is 0 Å². The molecular formula is C17H23NO3. The topological polar surface area (TPSA) is 66.4 Å². The average molecular weight is 289 g/mol. The highest BCUT2D eigenvalue weighted by Gasteiger charge is 2.43. The molecule has 1 aromatic rings. The van der Waals surface area contributed by atoms with Gasteiger partial charge in [-0.15, -0.1) is 0 Å². The Morgan fingerprint density at radius 2 is 1.86 bits per heavy atom. The summed E-state index contributed by atoms with van der Waals surface area (Å²) in [6.45, 7) is 1.92. The van der Waals surface area contributed by atoms with Crippen LogP contribution in [-0.2, 0) is 15.0 Å². The van der Waals surface area contributed by atoms with E-state index in [2.05, 4.69) is 5.32 Å². The summed E-state index contributed by atoms with van der Waals surface area (Å²) in [6, 6.07) is 8.96. The maximum Gasteiger partial charge on any atom is 0.326 e. The van der Waals surface area contributed by atoms with Crippen molar-refractivity contribution in [2.45, 2.75) is 56.9 Å². The summed E-state index contributed by atoms with van der Waals surface area (Å²) in [4.78, 5) is 24.0. The minimum Gasteiger partial charge on any atom is -0.480 e. The number of nitrogens with one attached hydrogen (secondary N) is 1. The van der Waals surface area contributed by atoms with E-state index in [1.54, 1.807) is 0 Å². The number of carbonyl (C=O) groups excluding carboxylic acids is 1. The van der Waals surface area contributed by atoms with Gasteiger partial charge in [0.25, 0.3) is 0 Å². The van der Waals surface area contributed by atoms with Crippen LogP contribution in [0.25, 0.3) is 0 Å². The Labute approximate surface area is 125 Å². The van der Waals surface area contributed by atoms with Gasteiger partial charge >= 0.3 is 5.97 Å². The molecule has 0 aromatic heterocycles. The number of aliphatic carboxylic acids is 1. The summed E-state index contributed by atoms with van der Waals surface area (Å²) in [6.07, 6.45) is 4.80. The molecule has 1 fully saturated rings. The van der Waals surface area contributed by atoms with Gasteiger partial charge in [-0.2, -0.15) is 0 Å². The SMILES string of the molecule is CCCC(NC(=O)C1(c2ccccc2)CCCC1)C(=O)O. The third kappa shape index (κ3) is 3.26. The zero-order valence-corrected chi connectivity index (χ0v) is 12.5. The molecular weight excluding hydrogens is 266 g/mol. The smallest absolute Gasteiger partial charge is 0.326 e. The number of rotatable bonds is 6. The van der Waals surface area contributed by atoms with Crippen molar-refractivity contribution in [3.63, 3.8) is 0 Å².